The van der Waals surface area contributed by atoms with Gasteiger partial charge in [-0.3, -0.25) is 0 Å². The minimum Gasteiger partial charge on any atom is -0.488 e. The van der Waals surface area contributed by atoms with Crippen LogP contribution in [0.2, 0.25) is 0 Å². The van der Waals surface area contributed by atoms with Crippen LogP contribution in [0.15, 0.2) is 34.1 Å². The molecule has 96 valence electrons. The molecular formula is C14H16BrNOS. The lowest BCUT2D eigenvalue weighted by Crippen LogP contribution is -2.08. The van der Waals surface area contributed by atoms with Gasteiger partial charge in [-0.15, -0.1) is 11.3 Å². The summed E-state index contributed by atoms with van der Waals surface area (Å²) in [5.74, 6) is 0.884. The second kappa shape index (κ2) is 5.87. The molecule has 0 saturated heterocycles. The van der Waals surface area contributed by atoms with Crippen molar-refractivity contribution in [3.63, 3.8) is 0 Å². The van der Waals surface area contributed by atoms with Gasteiger partial charge < -0.3 is 10.5 Å². The number of thiophene rings is 1. The van der Waals surface area contributed by atoms with E-state index in [0.29, 0.717) is 6.61 Å². The summed E-state index contributed by atoms with van der Waals surface area (Å²) in [6, 6.07) is 10.2. The number of aryl methyl sites for hydroxylation is 1. The van der Waals surface area contributed by atoms with E-state index in [0.717, 1.165) is 15.1 Å². The predicted molar refractivity (Wildman–Crippen MR) is 80.1 cm³/mol. The van der Waals surface area contributed by atoms with Gasteiger partial charge in [-0.25, -0.2) is 0 Å². The molecule has 0 spiro atoms. The molecule has 0 saturated carbocycles. The van der Waals surface area contributed by atoms with Crippen molar-refractivity contribution in [2.75, 3.05) is 0 Å². The summed E-state index contributed by atoms with van der Waals surface area (Å²) < 4.78 is 7.01. The van der Waals surface area contributed by atoms with Crippen LogP contribution in [0.5, 0.6) is 5.75 Å². The molecule has 4 heteroatoms. The van der Waals surface area contributed by atoms with Gasteiger partial charge in [0.15, 0.2) is 0 Å². The number of benzene rings is 1. The van der Waals surface area contributed by atoms with Crippen LogP contribution in [0.25, 0.3) is 0 Å². The van der Waals surface area contributed by atoms with Gasteiger partial charge in [0, 0.05) is 16.5 Å². The monoisotopic (exact) mass is 325 g/mol. The van der Waals surface area contributed by atoms with E-state index < -0.39 is 0 Å². The minimum absolute atomic E-state index is 0.0179. The molecule has 2 nitrogen and oxygen atoms in total. The summed E-state index contributed by atoms with van der Waals surface area (Å²) in [6.45, 7) is 4.61. The Morgan fingerprint density at radius 3 is 2.72 bits per heavy atom. The standard InChI is InChI=1S/C14H16BrNOS/c1-9-3-5-12(10(2)16)13(7-9)17-8-11-4-6-14(15)18-11/h3-7,10H,8,16H2,1-2H3/t10-/m1/s1. The number of ether oxygens (including phenoxy) is 1. The Bertz CT molecular complexity index is 536. The third-order valence-electron chi connectivity index (χ3n) is 2.66. The number of rotatable bonds is 4. The van der Waals surface area contributed by atoms with Crippen molar-refractivity contribution >= 4 is 27.3 Å². The van der Waals surface area contributed by atoms with Crippen LogP contribution >= 0.6 is 27.3 Å². The van der Waals surface area contributed by atoms with E-state index in [1.54, 1.807) is 11.3 Å². The zero-order chi connectivity index (χ0) is 13.1. The maximum atomic E-state index is 5.95. The highest BCUT2D eigenvalue weighted by atomic mass is 79.9. The van der Waals surface area contributed by atoms with E-state index in [-0.39, 0.29) is 6.04 Å². The molecular weight excluding hydrogens is 310 g/mol. The van der Waals surface area contributed by atoms with Crippen LogP contribution < -0.4 is 10.5 Å². The largest absolute Gasteiger partial charge is 0.488 e. The Hall–Kier alpha value is -0.840. The van der Waals surface area contributed by atoms with E-state index in [1.165, 1.54) is 10.4 Å². The Kier molecular flexibility index (Phi) is 4.43. The van der Waals surface area contributed by atoms with Gasteiger partial charge in [0.1, 0.15) is 12.4 Å². The minimum atomic E-state index is -0.0179. The molecule has 1 aromatic heterocycles. The van der Waals surface area contributed by atoms with E-state index in [4.69, 9.17) is 10.5 Å². The molecule has 0 radical (unpaired) electrons. The van der Waals surface area contributed by atoms with Gasteiger partial charge in [0.25, 0.3) is 0 Å². The van der Waals surface area contributed by atoms with Crippen molar-refractivity contribution in [2.45, 2.75) is 26.5 Å². The molecule has 0 aliphatic rings. The van der Waals surface area contributed by atoms with Crippen molar-refractivity contribution in [1.29, 1.82) is 0 Å². The molecule has 18 heavy (non-hydrogen) atoms. The maximum Gasteiger partial charge on any atom is 0.124 e. The Labute approximate surface area is 120 Å². The zero-order valence-electron chi connectivity index (χ0n) is 10.4. The second-order valence-electron chi connectivity index (χ2n) is 4.32. The molecule has 0 unspecified atom stereocenters. The normalized spacial score (nSPS) is 12.4. The van der Waals surface area contributed by atoms with Crippen molar-refractivity contribution in [3.8, 4) is 5.75 Å². The average molecular weight is 326 g/mol. The van der Waals surface area contributed by atoms with E-state index in [1.807, 2.05) is 25.1 Å². The molecule has 2 aromatic rings. The summed E-state index contributed by atoms with van der Waals surface area (Å²) >= 11 is 5.14. The highest BCUT2D eigenvalue weighted by Crippen LogP contribution is 2.28. The number of hydrogen-bond donors (Lipinski definition) is 1. The van der Waals surface area contributed by atoms with Crippen LogP contribution in [-0.4, -0.2) is 0 Å². The first-order valence-corrected chi connectivity index (χ1v) is 7.40. The third kappa shape index (κ3) is 3.34. The van der Waals surface area contributed by atoms with Crippen molar-refractivity contribution < 1.29 is 4.74 Å². The molecule has 1 atom stereocenters. The smallest absolute Gasteiger partial charge is 0.124 e. The van der Waals surface area contributed by atoms with Gasteiger partial charge in [-0.05, 0) is 53.5 Å². The first kappa shape index (κ1) is 13.6. The van der Waals surface area contributed by atoms with Gasteiger partial charge in [0.05, 0.1) is 3.79 Å². The molecule has 1 heterocycles. The summed E-state index contributed by atoms with van der Waals surface area (Å²) in [5.41, 5.74) is 8.19. The lowest BCUT2D eigenvalue weighted by molar-refractivity contribution is 0.305. The van der Waals surface area contributed by atoms with Gasteiger partial charge >= 0.3 is 0 Å². The quantitative estimate of drug-likeness (QED) is 0.903. The van der Waals surface area contributed by atoms with Crippen LogP contribution in [0, 0.1) is 6.92 Å². The van der Waals surface area contributed by atoms with E-state index >= 15 is 0 Å². The Morgan fingerprint density at radius 1 is 1.33 bits per heavy atom. The van der Waals surface area contributed by atoms with Crippen LogP contribution in [0.3, 0.4) is 0 Å². The highest BCUT2D eigenvalue weighted by molar-refractivity contribution is 9.11. The van der Waals surface area contributed by atoms with Crippen molar-refractivity contribution in [2.24, 2.45) is 5.73 Å². The van der Waals surface area contributed by atoms with Gasteiger partial charge in [-0.2, -0.15) is 0 Å². The van der Waals surface area contributed by atoms with E-state index in [9.17, 15) is 0 Å². The lowest BCUT2D eigenvalue weighted by Gasteiger charge is -2.14. The molecule has 1 aromatic carbocycles. The third-order valence-corrected chi connectivity index (χ3v) is 4.26. The Balaban J connectivity index is 2.15. The molecule has 0 bridgehead atoms. The van der Waals surface area contributed by atoms with Crippen LogP contribution in [-0.2, 0) is 6.61 Å². The van der Waals surface area contributed by atoms with Crippen LogP contribution in [0.4, 0.5) is 0 Å². The topological polar surface area (TPSA) is 35.2 Å². The molecule has 0 aliphatic carbocycles. The molecule has 0 amide bonds. The lowest BCUT2D eigenvalue weighted by atomic mass is 10.1. The average Bonchev–Trinajstić information content (AvgIpc) is 2.72. The molecule has 0 fully saturated rings. The first-order valence-electron chi connectivity index (χ1n) is 5.79. The Morgan fingerprint density at radius 2 is 2.11 bits per heavy atom. The second-order valence-corrected chi connectivity index (χ2v) is 6.87. The number of hydrogen-bond acceptors (Lipinski definition) is 3. The van der Waals surface area contributed by atoms with Crippen LogP contribution in [0.1, 0.15) is 29.0 Å². The highest BCUT2D eigenvalue weighted by Gasteiger charge is 2.09. The molecule has 0 aliphatic heterocycles. The molecule has 2 N–H and O–H groups in total. The summed E-state index contributed by atoms with van der Waals surface area (Å²) in [7, 11) is 0. The van der Waals surface area contributed by atoms with Crippen molar-refractivity contribution in [3.05, 3.63) is 50.1 Å². The fourth-order valence-corrected chi connectivity index (χ4v) is 3.12. The number of halogens is 1. The molecule has 2 rings (SSSR count). The fraction of sp³-hybridized carbons (Fsp3) is 0.286. The SMILES string of the molecule is Cc1ccc([C@@H](C)N)c(OCc2ccc(Br)s2)c1. The zero-order valence-corrected chi connectivity index (χ0v) is 12.8. The van der Waals surface area contributed by atoms with Crippen molar-refractivity contribution in [1.82, 2.24) is 0 Å². The maximum absolute atomic E-state index is 5.95. The fourth-order valence-electron chi connectivity index (χ4n) is 1.72. The predicted octanol–water partition coefficient (Wildman–Crippen LogP) is 4.42. The first-order chi connectivity index (χ1) is 8.56. The number of nitrogens with two attached hydrogens (primary N) is 1. The van der Waals surface area contributed by atoms with Gasteiger partial charge in [-0.1, -0.05) is 12.1 Å². The summed E-state index contributed by atoms with van der Waals surface area (Å²) in [4.78, 5) is 1.19. The summed E-state index contributed by atoms with van der Waals surface area (Å²) in [5, 5.41) is 0. The van der Waals surface area contributed by atoms with Gasteiger partial charge in [0.2, 0.25) is 0 Å². The van der Waals surface area contributed by atoms with E-state index in [2.05, 4.69) is 35.0 Å². The summed E-state index contributed by atoms with van der Waals surface area (Å²) in [6.07, 6.45) is 0.